The summed E-state index contributed by atoms with van der Waals surface area (Å²) in [7, 11) is 1.65. The van der Waals surface area contributed by atoms with Crippen molar-refractivity contribution in [2.24, 2.45) is 0 Å². The van der Waals surface area contributed by atoms with Crippen LogP contribution in [0.3, 0.4) is 0 Å². The Morgan fingerprint density at radius 1 is 1.57 bits per heavy atom. The zero-order valence-corrected chi connectivity index (χ0v) is 8.53. The number of terminal acetylenes is 1. The second-order valence-electron chi connectivity index (χ2n) is 3.01. The molecular weight excluding hydrogens is 182 g/mol. The lowest BCUT2D eigenvalue weighted by Gasteiger charge is -2.16. The van der Waals surface area contributed by atoms with Crippen LogP contribution < -0.4 is 0 Å². The first-order valence-corrected chi connectivity index (χ1v) is 4.57. The summed E-state index contributed by atoms with van der Waals surface area (Å²) in [6.45, 7) is 1.81. The lowest BCUT2D eigenvalue weighted by molar-refractivity contribution is -0.138. The Hall–Kier alpha value is -1.05. The maximum Gasteiger partial charge on any atom is 0.317 e. The van der Waals surface area contributed by atoms with Gasteiger partial charge in [-0.2, -0.15) is 0 Å². The predicted molar refractivity (Wildman–Crippen MR) is 54.0 cm³/mol. The Labute approximate surface area is 84.9 Å². The van der Waals surface area contributed by atoms with Crippen LogP contribution in [0.25, 0.3) is 0 Å². The van der Waals surface area contributed by atoms with Crippen molar-refractivity contribution in [2.75, 3.05) is 33.4 Å². The van der Waals surface area contributed by atoms with Crippen molar-refractivity contribution in [3.05, 3.63) is 0 Å². The molecule has 4 nitrogen and oxygen atoms in total. The van der Waals surface area contributed by atoms with Gasteiger partial charge in [0.1, 0.15) is 0 Å². The van der Waals surface area contributed by atoms with Crippen molar-refractivity contribution in [1.29, 1.82) is 0 Å². The van der Waals surface area contributed by atoms with E-state index in [0.717, 1.165) is 12.8 Å². The Balaban J connectivity index is 3.63. The third-order valence-corrected chi connectivity index (χ3v) is 1.75. The normalized spacial score (nSPS) is 10.1. The predicted octanol–water partition coefficient (Wildman–Crippen LogP) is 0.433. The van der Waals surface area contributed by atoms with Crippen molar-refractivity contribution in [1.82, 2.24) is 4.90 Å². The molecule has 14 heavy (non-hydrogen) atoms. The third-order valence-electron chi connectivity index (χ3n) is 1.75. The number of rotatable bonds is 8. The Bertz CT molecular complexity index is 198. The fourth-order valence-electron chi connectivity index (χ4n) is 1.12. The molecule has 0 aromatic carbocycles. The van der Waals surface area contributed by atoms with Crippen LogP contribution in [0.2, 0.25) is 0 Å². The summed E-state index contributed by atoms with van der Waals surface area (Å²) < 4.78 is 4.89. The Morgan fingerprint density at radius 2 is 2.29 bits per heavy atom. The summed E-state index contributed by atoms with van der Waals surface area (Å²) in [4.78, 5) is 12.2. The van der Waals surface area contributed by atoms with E-state index in [4.69, 9.17) is 16.3 Å². The molecule has 0 heterocycles. The zero-order valence-electron chi connectivity index (χ0n) is 8.53. The van der Waals surface area contributed by atoms with E-state index in [0.29, 0.717) is 19.7 Å². The summed E-state index contributed by atoms with van der Waals surface area (Å²) >= 11 is 0. The monoisotopic (exact) mass is 199 g/mol. The number of aliphatic carboxylic acids is 1. The topological polar surface area (TPSA) is 49.8 Å². The molecule has 1 N–H and O–H groups in total. The summed E-state index contributed by atoms with van der Waals surface area (Å²) in [5.41, 5.74) is 0. The fourth-order valence-corrected chi connectivity index (χ4v) is 1.12. The van der Waals surface area contributed by atoms with Gasteiger partial charge in [0, 0.05) is 13.7 Å². The van der Waals surface area contributed by atoms with E-state index >= 15 is 0 Å². The first kappa shape index (κ1) is 12.9. The Kier molecular flexibility index (Phi) is 7.90. The highest BCUT2D eigenvalue weighted by molar-refractivity contribution is 5.69. The molecule has 0 aromatic heterocycles. The first-order chi connectivity index (χ1) is 6.70. The van der Waals surface area contributed by atoms with Gasteiger partial charge in [-0.25, -0.2) is 0 Å². The van der Waals surface area contributed by atoms with E-state index in [1.54, 1.807) is 12.0 Å². The summed E-state index contributed by atoms with van der Waals surface area (Å²) in [5.74, 6) is 1.60. The summed E-state index contributed by atoms with van der Waals surface area (Å²) in [5, 5.41) is 8.58. The molecule has 80 valence electrons. The smallest absolute Gasteiger partial charge is 0.317 e. The van der Waals surface area contributed by atoms with Gasteiger partial charge >= 0.3 is 5.97 Å². The first-order valence-electron chi connectivity index (χ1n) is 4.57. The van der Waals surface area contributed by atoms with E-state index in [9.17, 15) is 4.79 Å². The van der Waals surface area contributed by atoms with Crippen molar-refractivity contribution < 1.29 is 14.6 Å². The SMILES string of the molecule is C#CCN(CCCCOC)CC(=O)O. The third kappa shape index (κ3) is 7.59. The van der Waals surface area contributed by atoms with Crippen molar-refractivity contribution >= 4 is 5.97 Å². The van der Waals surface area contributed by atoms with E-state index in [1.165, 1.54) is 0 Å². The number of hydrogen-bond acceptors (Lipinski definition) is 3. The highest BCUT2D eigenvalue weighted by atomic mass is 16.5. The molecule has 0 bridgehead atoms. The maximum absolute atomic E-state index is 10.4. The molecule has 0 fully saturated rings. The molecule has 4 heteroatoms. The molecule has 0 unspecified atom stereocenters. The second kappa shape index (κ2) is 8.54. The average Bonchev–Trinajstić information content (AvgIpc) is 2.12. The Morgan fingerprint density at radius 3 is 2.79 bits per heavy atom. The number of unbranched alkanes of at least 4 members (excludes halogenated alkanes) is 1. The number of nitrogens with zero attached hydrogens (tertiary/aromatic N) is 1. The minimum atomic E-state index is -0.841. The van der Waals surface area contributed by atoms with Gasteiger partial charge in [0.25, 0.3) is 0 Å². The number of hydrogen-bond donors (Lipinski definition) is 1. The standard InChI is InChI=1S/C10H17NO3/c1-3-6-11(9-10(12)13)7-4-5-8-14-2/h1H,4-9H2,2H3,(H,12,13). The number of carboxylic acid groups (broad SMARTS) is 1. The largest absolute Gasteiger partial charge is 0.480 e. The second-order valence-corrected chi connectivity index (χ2v) is 3.01. The molecule has 0 aliphatic carbocycles. The number of ether oxygens (including phenoxy) is 1. The minimum absolute atomic E-state index is 0.0111. The number of carboxylic acids is 1. The average molecular weight is 199 g/mol. The van der Waals surface area contributed by atoms with E-state index in [1.807, 2.05) is 0 Å². The van der Waals surface area contributed by atoms with Crippen LogP contribution in [0.4, 0.5) is 0 Å². The van der Waals surface area contributed by atoms with Crippen molar-refractivity contribution in [3.63, 3.8) is 0 Å². The molecule has 0 amide bonds. The molecule has 0 saturated carbocycles. The lowest BCUT2D eigenvalue weighted by Crippen LogP contribution is -2.31. The van der Waals surface area contributed by atoms with Crippen LogP contribution in [-0.2, 0) is 9.53 Å². The molecule has 0 radical (unpaired) electrons. The van der Waals surface area contributed by atoms with Crippen molar-refractivity contribution in [2.45, 2.75) is 12.8 Å². The molecule has 0 spiro atoms. The van der Waals surface area contributed by atoms with Gasteiger partial charge in [0.15, 0.2) is 0 Å². The molecule has 0 aliphatic heterocycles. The van der Waals surface area contributed by atoms with Gasteiger partial charge in [0.05, 0.1) is 13.1 Å². The van der Waals surface area contributed by atoms with Gasteiger partial charge < -0.3 is 9.84 Å². The van der Waals surface area contributed by atoms with Crippen molar-refractivity contribution in [3.8, 4) is 12.3 Å². The highest BCUT2D eigenvalue weighted by Gasteiger charge is 2.07. The molecule has 0 aromatic rings. The zero-order chi connectivity index (χ0) is 10.8. The van der Waals surface area contributed by atoms with Crippen LogP contribution in [-0.4, -0.2) is 49.3 Å². The fraction of sp³-hybridized carbons (Fsp3) is 0.700. The van der Waals surface area contributed by atoms with E-state index in [2.05, 4.69) is 5.92 Å². The van der Waals surface area contributed by atoms with Gasteiger partial charge in [-0.1, -0.05) is 5.92 Å². The highest BCUT2D eigenvalue weighted by Crippen LogP contribution is 1.95. The minimum Gasteiger partial charge on any atom is -0.480 e. The van der Waals surface area contributed by atoms with Crippen LogP contribution >= 0.6 is 0 Å². The van der Waals surface area contributed by atoms with Gasteiger partial charge in [-0.15, -0.1) is 6.42 Å². The van der Waals surface area contributed by atoms with Crippen LogP contribution in [0.1, 0.15) is 12.8 Å². The van der Waals surface area contributed by atoms with Gasteiger partial charge in [-0.3, -0.25) is 9.69 Å². The molecule has 0 atom stereocenters. The summed E-state index contributed by atoms with van der Waals surface area (Å²) in [6.07, 6.45) is 6.96. The molecular formula is C10H17NO3. The van der Waals surface area contributed by atoms with Gasteiger partial charge in [-0.05, 0) is 19.4 Å². The molecule has 0 rings (SSSR count). The maximum atomic E-state index is 10.4. The van der Waals surface area contributed by atoms with Crippen LogP contribution in [0.5, 0.6) is 0 Å². The summed E-state index contributed by atoms with van der Waals surface area (Å²) in [6, 6.07) is 0. The van der Waals surface area contributed by atoms with Crippen LogP contribution in [0.15, 0.2) is 0 Å². The molecule has 0 aliphatic rings. The number of methoxy groups -OCH3 is 1. The number of carbonyl (C=O) groups is 1. The van der Waals surface area contributed by atoms with E-state index < -0.39 is 5.97 Å². The van der Waals surface area contributed by atoms with Crippen LogP contribution in [0, 0.1) is 12.3 Å². The quantitative estimate of drug-likeness (QED) is 0.455. The van der Waals surface area contributed by atoms with Gasteiger partial charge in [0.2, 0.25) is 0 Å². The lowest BCUT2D eigenvalue weighted by atomic mass is 10.3. The molecule has 0 saturated heterocycles. The van der Waals surface area contributed by atoms with E-state index in [-0.39, 0.29) is 6.54 Å².